The number of methoxy groups -OCH3 is 1. The molecule has 0 aliphatic heterocycles. The number of ether oxygens (including phenoxy) is 2. The summed E-state index contributed by atoms with van der Waals surface area (Å²) in [4.78, 5) is 35.6. The molecular formula is C19H20ClN3O5. The summed E-state index contributed by atoms with van der Waals surface area (Å²) in [5, 5.41) is 5.51. The largest absolute Gasteiger partial charge is 0.495 e. The fraction of sp³-hybridized carbons (Fsp3) is 0.211. The van der Waals surface area contributed by atoms with E-state index in [9.17, 15) is 14.4 Å². The van der Waals surface area contributed by atoms with Crippen molar-refractivity contribution in [2.75, 3.05) is 17.7 Å². The summed E-state index contributed by atoms with van der Waals surface area (Å²) in [5.74, 6) is -0.887. The lowest BCUT2D eigenvalue weighted by atomic mass is 10.2. The van der Waals surface area contributed by atoms with E-state index in [0.29, 0.717) is 22.1 Å². The van der Waals surface area contributed by atoms with Crippen molar-refractivity contribution in [3.8, 4) is 5.75 Å². The molecule has 3 amide bonds. The van der Waals surface area contributed by atoms with E-state index < -0.39 is 24.0 Å². The quantitative estimate of drug-likeness (QED) is 0.636. The normalized spacial score (nSPS) is 11.3. The number of carbonyl (C=O) groups is 3. The van der Waals surface area contributed by atoms with Crippen molar-refractivity contribution in [3.63, 3.8) is 0 Å². The first-order valence-corrected chi connectivity index (χ1v) is 8.61. The summed E-state index contributed by atoms with van der Waals surface area (Å²) in [6.45, 7) is 3.22. The van der Waals surface area contributed by atoms with Crippen molar-refractivity contribution < 1.29 is 23.9 Å². The van der Waals surface area contributed by atoms with Crippen molar-refractivity contribution in [2.45, 2.75) is 20.0 Å². The summed E-state index contributed by atoms with van der Waals surface area (Å²) in [5.41, 5.74) is 6.70. The third-order valence-electron chi connectivity index (χ3n) is 3.76. The van der Waals surface area contributed by atoms with Gasteiger partial charge in [0.2, 0.25) is 0 Å². The number of anilines is 2. The van der Waals surface area contributed by atoms with Gasteiger partial charge in [0.1, 0.15) is 5.75 Å². The number of primary amides is 1. The van der Waals surface area contributed by atoms with Crippen LogP contribution in [0.3, 0.4) is 0 Å². The van der Waals surface area contributed by atoms with Crippen LogP contribution < -0.4 is 21.1 Å². The van der Waals surface area contributed by atoms with Crippen LogP contribution in [0, 0.1) is 6.92 Å². The maximum atomic E-state index is 12.4. The number of benzene rings is 2. The molecular weight excluding hydrogens is 386 g/mol. The molecule has 148 valence electrons. The van der Waals surface area contributed by atoms with Crippen LogP contribution in [0.4, 0.5) is 16.2 Å². The summed E-state index contributed by atoms with van der Waals surface area (Å²) in [7, 11) is 1.45. The molecule has 0 heterocycles. The van der Waals surface area contributed by atoms with E-state index in [1.165, 1.54) is 26.2 Å². The summed E-state index contributed by atoms with van der Waals surface area (Å²) >= 11 is 6.05. The molecule has 0 radical (unpaired) electrons. The monoisotopic (exact) mass is 405 g/mol. The third kappa shape index (κ3) is 5.37. The number of nitrogens with one attached hydrogen (secondary N) is 2. The fourth-order valence-electron chi connectivity index (χ4n) is 2.31. The Bertz CT molecular complexity index is 916. The van der Waals surface area contributed by atoms with Crippen LogP contribution in [0.5, 0.6) is 5.75 Å². The Hall–Kier alpha value is -3.26. The van der Waals surface area contributed by atoms with E-state index in [1.807, 2.05) is 0 Å². The Morgan fingerprint density at radius 1 is 1.14 bits per heavy atom. The van der Waals surface area contributed by atoms with Crippen LogP contribution in [-0.4, -0.2) is 31.1 Å². The number of hydrogen-bond donors (Lipinski definition) is 3. The summed E-state index contributed by atoms with van der Waals surface area (Å²) < 4.78 is 10.4. The van der Waals surface area contributed by atoms with Crippen molar-refractivity contribution in [1.82, 2.24) is 0 Å². The minimum atomic E-state index is -1.08. The van der Waals surface area contributed by atoms with Gasteiger partial charge in [-0.2, -0.15) is 0 Å². The van der Waals surface area contributed by atoms with Crippen LogP contribution in [0.25, 0.3) is 0 Å². The second-order valence-corrected chi connectivity index (χ2v) is 6.32. The molecule has 2 aromatic rings. The summed E-state index contributed by atoms with van der Waals surface area (Å²) in [6.07, 6.45) is -1.08. The van der Waals surface area contributed by atoms with Gasteiger partial charge in [0, 0.05) is 16.8 Å². The zero-order valence-electron chi connectivity index (χ0n) is 15.5. The maximum absolute atomic E-state index is 12.4. The average Bonchev–Trinajstić information content (AvgIpc) is 2.64. The van der Waals surface area contributed by atoms with Crippen molar-refractivity contribution in [3.05, 3.63) is 52.5 Å². The van der Waals surface area contributed by atoms with Gasteiger partial charge in [0.25, 0.3) is 5.91 Å². The predicted octanol–water partition coefficient (Wildman–Crippen LogP) is 3.33. The number of hydrogen-bond acceptors (Lipinski definition) is 5. The van der Waals surface area contributed by atoms with Gasteiger partial charge < -0.3 is 25.8 Å². The Kier molecular flexibility index (Phi) is 6.84. The Balaban J connectivity index is 2.07. The molecule has 0 fully saturated rings. The molecule has 0 bridgehead atoms. The highest BCUT2D eigenvalue weighted by Crippen LogP contribution is 2.31. The van der Waals surface area contributed by atoms with Gasteiger partial charge in [0.15, 0.2) is 6.10 Å². The molecule has 0 saturated heterocycles. The SMILES string of the molecule is COc1cc(Cl)c(C)cc1NC(=O)[C@@H](C)OC(=O)c1cccc(NC(N)=O)c1. The van der Waals surface area contributed by atoms with Crippen LogP contribution in [-0.2, 0) is 9.53 Å². The number of halogens is 1. The maximum Gasteiger partial charge on any atom is 0.338 e. The first kappa shape index (κ1) is 21.0. The molecule has 0 aromatic heterocycles. The smallest absolute Gasteiger partial charge is 0.338 e. The molecule has 28 heavy (non-hydrogen) atoms. The van der Waals surface area contributed by atoms with Crippen LogP contribution in [0.2, 0.25) is 5.02 Å². The lowest BCUT2D eigenvalue weighted by Gasteiger charge is -2.16. The molecule has 0 unspecified atom stereocenters. The third-order valence-corrected chi connectivity index (χ3v) is 4.16. The van der Waals surface area contributed by atoms with E-state index in [0.717, 1.165) is 5.56 Å². The van der Waals surface area contributed by atoms with Gasteiger partial charge in [-0.05, 0) is 43.7 Å². The van der Waals surface area contributed by atoms with Gasteiger partial charge >= 0.3 is 12.0 Å². The van der Waals surface area contributed by atoms with Crippen LogP contribution in [0.1, 0.15) is 22.8 Å². The number of urea groups is 1. The summed E-state index contributed by atoms with van der Waals surface area (Å²) in [6, 6.07) is 8.48. The van der Waals surface area contributed by atoms with E-state index in [4.69, 9.17) is 26.8 Å². The molecule has 2 rings (SSSR count). The molecule has 0 aliphatic carbocycles. The number of nitrogens with two attached hydrogens (primary N) is 1. The van der Waals surface area contributed by atoms with Crippen molar-refractivity contribution in [1.29, 1.82) is 0 Å². The minimum absolute atomic E-state index is 0.158. The van der Waals surface area contributed by atoms with Gasteiger partial charge in [-0.15, -0.1) is 0 Å². The highest BCUT2D eigenvalue weighted by Gasteiger charge is 2.21. The van der Waals surface area contributed by atoms with E-state index in [2.05, 4.69) is 10.6 Å². The second kappa shape index (κ2) is 9.09. The standard InChI is InChI=1S/C19H20ClN3O5/c1-10-7-15(16(27-3)9-14(10)20)23-17(24)11(2)28-18(25)12-5-4-6-13(8-12)22-19(21)26/h4-9,11H,1-3H3,(H,23,24)(H3,21,22,26)/t11-/m1/s1. The Labute approximate surface area is 166 Å². The first-order valence-electron chi connectivity index (χ1n) is 8.23. The molecule has 1 atom stereocenters. The van der Waals surface area contributed by atoms with Gasteiger partial charge in [-0.25, -0.2) is 9.59 Å². The Morgan fingerprint density at radius 3 is 2.50 bits per heavy atom. The number of carbonyl (C=O) groups excluding carboxylic acids is 3. The molecule has 0 spiro atoms. The molecule has 4 N–H and O–H groups in total. The topological polar surface area (TPSA) is 120 Å². The van der Waals surface area contributed by atoms with Crippen LogP contribution in [0.15, 0.2) is 36.4 Å². The van der Waals surface area contributed by atoms with Crippen molar-refractivity contribution in [2.24, 2.45) is 5.73 Å². The lowest BCUT2D eigenvalue weighted by molar-refractivity contribution is -0.123. The predicted molar refractivity (Wildman–Crippen MR) is 106 cm³/mol. The molecule has 8 nitrogen and oxygen atoms in total. The van der Waals surface area contributed by atoms with Crippen molar-refractivity contribution >= 4 is 40.9 Å². The molecule has 0 aliphatic rings. The zero-order valence-corrected chi connectivity index (χ0v) is 16.3. The number of esters is 1. The van der Waals surface area contributed by atoms with Gasteiger partial charge in [-0.1, -0.05) is 17.7 Å². The molecule has 2 aromatic carbocycles. The van der Waals surface area contributed by atoms with Gasteiger partial charge in [-0.3, -0.25) is 4.79 Å². The molecule has 9 heteroatoms. The average molecular weight is 406 g/mol. The zero-order chi connectivity index (χ0) is 20.8. The first-order chi connectivity index (χ1) is 13.2. The fourth-order valence-corrected chi connectivity index (χ4v) is 2.47. The highest BCUT2D eigenvalue weighted by molar-refractivity contribution is 6.31. The lowest BCUT2D eigenvalue weighted by Crippen LogP contribution is -2.30. The van der Waals surface area contributed by atoms with Crippen LogP contribution >= 0.6 is 11.6 Å². The number of aryl methyl sites for hydroxylation is 1. The van der Waals surface area contributed by atoms with Gasteiger partial charge in [0.05, 0.1) is 18.4 Å². The van der Waals surface area contributed by atoms with E-state index in [1.54, 1.807) is 31.2 Å². The Morgan fingerprint density at radius 2 is 1.86 bits per heavy atom. The number of rotatable bonds is 6. The molecule has 0 saturated carbocycles. The minimum Gasteiger partial charge on any atom is -0.495 e. The van der Waals surface area contributed by atoms with E-state index in [-0.39, 0.29) is 5.56 Å². The highest BCUT2D eigenvalue weighted by atomic mass is 35.5. The van der Waals surface area contributed by atoms with E-state index >= 15 is 0 Å². The second-order valence-electron chi connectivity index (χ2n) is 5.91. The number of amides is 3.